The molecule has 0 aliphatic heterocycles. The van der Waals surface area contributed by atoms with E-state index in [1.54, 1.807) is 0 Å². The summed E-state index contributed by atoms with van der Waals surface area (Å²) in [5.41, 5.74) is 0. The van der Waals surface area contributed by atoms with E-state index >= 15 is 0 Å². The molecule has 0 aromatic heterocycles. The Morgan fingerprint density at radius 3 is 0.765 bits per heavy atom. The molecular formula is C62H120O6. The predicted molar refractivity (Wildman–Crippen MR) is 293 cm³/mol. The summed E-state index contributed by atoms with van der Waals surface area (Å²) in [4.78, 5) is 38.2. The number of carbonyl (C=O) groups excluding carboxylic acids is 3. The number of rotatable bonds is 55. The van der Waals surface area contributed by atoms with E-state index in [2.05, 4.69) is 41.5 Å². The molecule has 1 unspecified atom stereocenters. The SMILES string of the molecule is CCC(C)CCCCCCCCCCC(=O)OC[C@H](COC(=O)CCCCCCCCCCCCCCCCC(C)C)OC(=O)CCCCCCCCCCCCCCCCCCCCC(C)C. The molecular weight excluding hydrogens is 841 g/mol. The topological polar surface area (TPSA) is 78.9 Å². The first-order chi connectivity index (χ1) is 33.1. The van der Waals surface area contributed by atoms with Crippen LogP contribution in [0, 0.1) is 17.8 Å². The molecule has 6 heteroatoms. The van der Waals surface area contributed by atoms with Gasteiger partial charge in [0.25, 0.3) is 0 Å². The summed E-state index contributed by atoms with van der Waals surface area (Å²) >= 11 is 0. The average molecular weight is 962 g/mol. The van der Waals surface area contributed by atoms with Crippen molar-refractivity contribution in [3.05, 3.63) is 0 Å². The van der Waals surface area contributed by atoms with E-state index in [-0.39, 0.29) is 31.1 Å². The van der Waals surface area contributed by atoms with Crippen LogP contribution >= 0.6 is 0 Å². The number of ether oxygens (including phenoxy) is 3. The van der Waals surface area contributed by atoms with E-state index < -0.39 is 6.10 Å². The molecule has 404 valence electrons. The smallest absolute Gasteiger partial charge is 0.306 e. The first-order valence-electron chi connectivity index (χ1n) is 30.6. The molecule has 0 rings (SSSR count). The zero-order valence-corrected chi connectivity index (χ0v) is 46.9. The zero-order valence-electron chi connectivity index (χ0n) is 46.9. The van der Waals surface area contributed by atoms with Gasteiger partial charge in [-0.3, -0.25) is 14.4 Å². The molecule has 0 aromatic carbocycles. The Hall–Kier alpha value is -1.59. The van der Waals surface area contributed by atoms with Gasteiger partial charge < -0.3 is 14.2 Å². The fourth-order valence-electron chi connectivity index (χ4n) is 9.50. The summed E-state index contributed by atoms with van der Waals surface area (Å²) in [6, 6.07) is 0. The fourth-order valence-corrected chi connectivity index (χ4v) is 9.50. The summed E-state index contributed by atoms with van der Waals surface area (Å²) in [6.07, 6.45) is 56.7. The van der Waals surface area contributed by atoms with Gasteiger partial charge in [-0.1, -0.05) is 305 Å². The molecule has 0 spiro atoms. The minimum Gasteiger partial charge on any atom is -0.462 e. The predicted octanol–water partition coefficient (Wildman–Crippen LogP) is 20.3. The maximum atomic E-state index is 12.9. The minimum absolute atomic E-state index is 0.0634. The molecule has 0 heterocycles. The van der Waals surface area contributed by atoms with Gasteiger partial charge in [0.2, 0.25) is 0 Å². The van der Waals surface area contributed by atoms with Crippen molar-refractivity contribution >= 4 is 17.9 Å². The van der Waals surface area contributed by atoms with Crippen LogP contribution in [-0.2, 0) is 28.6 Å². The lowest BCUT2D eigenvalue weighted by atomic mass is 9.99. The number of hydrogen-bond acceptors (Lipinski definition) is 6. The normalized spacial score (nSPS) is 12.5. The van der Waals surface area contributed by atoms with Crippen LogP contribution in [0.2, 0.25) is 0 Å². The third-order valence-electron chi connectivity index (χ3n) is 14.5. The van der Waals surface area contributed by atoms with Crippen LogP contribution in [0.1, 0.15) is 343 Å². The summed E-state index contributed by atoms with van der Waals surface area (Å²) < 4.78 is 16.9. The quantitative estimate of drug-likeness (QED) is 0.0343. The first kappa shape index (κ1) is 66.4. The second-order valence-corrected chi connectivity index (χ2v) is 22.5. The number of hydrogen-bond donors (Lipinski definition) is 0. The Bertz CT molecular complexity index is 1060. The van der Waals surface area contributed by atoms with Gasteiger partial charge in [0.1, 0.15) is 13.2 Å². The molecule has 0 saturated heterocycles. The van der Waals surface area contributed by atoms with E-state index in [1.807, 2.05) is 0 Å². The average Bonchev–Trinajstić information content (AvgIpc) is 3.31. The van der Waals surface area contributed by atoms with Crippen molar-refractivity contribution in [3.8, 4) is 0 Å². The molecule has 2 atom stereocenters. The van der Waals surface area contributed by atoms with E-state index in [0.29, 0.717) is 19.3 Å². The van der Waals surface area contributed by atoms with Crippen molar-refractivity contribution in [2.24, 2.45) is 17.8 Å². The van der Waals surface area contributed by atoms with Gasteiger partial charge in [-0.05, 0) is 37.0 Å². The van der Waals surface area contributed by atoms with Crippen LogP contribution in [0.5, 0.6) is 0 Å². The van der Waals surface area contributed by atoms with Gasteiger partial charge in [-0.25, -0.2) is 0 Å². The fraction of sp³-hybridized carbons (Fsp3) is 0.952. The van der Waals surface area contributed by atoms with Crippen molar-refractivity contribution in [1.82, 2.24) is 0 Å². The molecule has 0 fully saturated rings. The Labute approximate surface area is 425 Å². The summed E-state index contributed by atoms with van der Waals surface area (Å²) in [6.45, 7) is 13.8. The highest BCUT2D eigenvalue weighted by atomic mass is 16.6. The number of unbranched alkanes of at least 4 members (excludes halogenated alkanes) is 37. The summed E-state index contributed by atoms with van der Waals surface area (Å²) in [7, 11) is 0. The van der Waals surface area contributed by atoms with E-state index in [4.69, 9.17) is 14.2 Å². The Morgan fingerprint density at radius 1 is 0.294 bits per heavy atom. The summed E-state index contributed by atoms with van der Waals surface area (Å²) in [5.74, 6) is 1.71. The van der Waals surface area contributed by atoms with Crippen LogP contribution in [0.15, 0.2) is 0 Å². The van der Waals surface area contributed by atoms with Crippen molar-refractivity contribution in [2.45, 2.75) is 349 Å². The molecule has 0 aliphatic carbocycles. The molecule has 0 bridgehead atoms. The third kappa shape index (κ3) is 53.8. The van der Waals surface area contributed by atoms with Crippen molar-refractivity contribution in [2.75, 3.05) is 13.2 Å². The summed E-state index contributed by atoms with van der Waals surface area (Å²) in [5, 5.41) is 0. The lowest BCUT2D eigenvalue weighted by Gasteiger charge is -2.18. The monoisotopic (exact) mass is 961 g/mol. The zero-order chi connectivity index (χ0) is 49.8. The largest absolute Gasteiger partial charge is 0.462 e. The lowest BCUT2D eigenvalue weighted by molar-refractivity contribution is -0.167. The molecule has 0 N–H and O–H groups in total. The van der Waals surface area contributed by atoms with Crippen molar-refractivity contribution < 1.29 is 28.6 Å². The van der Waals surface area contributed by atoms with E-state index in [0.717, 1.165) is 75.5 Å². The third-order valence-corrected chi connectivity index (χ3v) is 14.5. The van der Waals surface area contributed by atoms with Gasteiger partial charge in [0, 0.05) is 19.3 Å². The number of carbonyl (C=O) groups is 3. The second-order valence-electron chi connectivity index (χ2n) is 22.5. The van der Waals surface area contributed by atoms with Crippen LogP contribution in [0.3, 0.4) is 0 Å². The minimum atomic E-state index is -0.764. The number of esters is 3. The molecule has 0 radical (unpaired) electrons. The Morgan fingerprint density at radius 2 is 0.515 bits per heavy atom. The van der Waals surface area contributed by atoms with Crippen LogP contribution in [-0.4, -0.2) is 37.2 Å². The Balaban J connectivity index is 4.26. The standard InChI is InChI=1S/C62H120O6/c1-7-58(6)50-44-38-32-28-29-34-40-46-52-61(64)67-55-59(54-66-60(63)51-45-39-33-26-22-18-15-14-17-21-25-31-37-43-49-57(4)5)68-62(65)53-47-41-35-27-23-19-13-11-9-8-10-12-16-20-24-30-36-42-48-56(2)3/h56-59H,7-55H2,1-6H3/t58?,59-/m0/s1. The van der Waals surface area contributed by atoms with Gasteiger partial charge >= 0.3 is 17.9 Å². The molecule has 6 nitrogen and oxygen atoms in total. The molecule has 0 amide bonds. The molecule has 0 saturated carbocycles. The van der Waals surface area contributed by atoms with Crippen LogP contribution in [0.25, 0.3) is 0 Å². The van der Waals surface area contributed by atoms with Gasteiger partial charge in [-0.2, -0.15) is 0 Å². The van der Waals surface area contributed by atoms with Gasteiger partial charge in [0.05, 0.1) is 0 Å². The van der Waals surface area contributed by atoms with Crippen LogP contribution < -0.4 is 0 Å². The second kappa shape index (κ2) is 53.2. The lowest BCUT2D eigenvalue weighted by Crippen LogP contribution is -2.30. The highest BCUT2D eigenvalue weighted by Crippen LogP contribution is 2.19. The van der Waals surface area contributed by atoms with Crippen molar-refractivity contribution in [3.63, 3.8) is 0 Å². The molecule has 68 heavy (non-hydrogen) atoms. The van der Waals surface area contributed by atoms with E-state index in [1.165, 1.54) is 225 Å². The first-order valence-corrected chi connectivity index (χ1v) is 30.6. The highest BCUT2D eigenvalue weighted by molar-refractivity contribution is 5.71. The van der Waals surface area contributed by atoms with Gasteiger partial charge in [-0.15, -0.1) is 0 Å². The van der Waals surface area contributed by atoms with Gasteiger partial charge in [0.15, 0.2) is 6.10 Å². The van der Waals surface area contributed by atoms with Crippen LogP contribution in [0.4, 0.5) is 0 Å². The highest BCUT2D eigenvalue weighted by Gasteiger charge is 2.19. The Kier molecular flexibility index (Phi) is 52.0. The maximum absolute atomic E-state index is 12.9. The maximum Gasteiger partial charge on any atom is 0.306 e. The molecule has 0 aliphatic rings. The molecule has 0 aromatic rings. The van der Waals surface area contributed by atoms with Crippen molar-refractivity contribution in [1.29, 1.82) is 0 Å². The van der Waals surface area contributed by atoms with E-state index in [9.17, 15) is 14.4 Å².